The molecule has 3 aromatic rings. The third-order valence-electron chi connectivity index (χ3n) is 3.42. The molecule has 27 heavy (non-hydrogen) atoms. The van der Waals surface area contributed by atoms with Crippen molar-refractivity contribution in [1.29, 1.82) is 0 Å². The molecular weight excluding hydrogens is 457 g/mol. The number of hydrazine groups is 1. The average Bonchev–Trinajstić information content (AvgIpc) is 3.09. The molecule has 0 fully saturated rings. The number of carbonyl (C=O) groups excluding carboxylic acids is 1. The predicted octanol–water partition coefficient (Wildman–Crippen LogP) is 3.26. The van der Waals surface area contributed by atoms with Crippen molar-refractivity contribution in [2.24, 2.45) is 0 Å². The van der Waals surface area contributed by atoms with Crippen LogP contribution in [0.25, 0.3) is 10.6 Å². The molecule has 0 aliphatic heterocycles. The Morgan fingerprint density at radius 1 is 1.19 bits per heavy atom. The Kier molecular flexibility index (Phi) is 6.00. The molecule has 2 aromatic carbocycles. The van der Waals surface area contributed by atoms with E-state index in [1.807, 2.05) is 0 Å². The molecule has 0 bridgehead atoms. The molecule has 2 N–H and O–H groups in total. The van der Waals surface area contributed by atoms with Crippen LogP contribution >= 0.6 is 27.3 Å². The van der Waals surface area contributed by atoms with Gasteiger partial charge >= 0.3 is 0 Å². The van der Waals surface area contributed by atoms with E-state index < -0.39 is 15.9 Å². The molecule has 1 heterocycles. The highest BCUT2D eigenvalue weighted by Gasteiger charge is 2.16. The van der Waals surface area contributed by atoms with Crippen LogP contribution in [-0.2, 0) is 21.2 Å². The summed E-state index contributed by atoms with van der Waals surface area (Å²) in [7, 11) is -3.88. The number of aromatic nitrogens is 1. The minimum absolute atomic E-state index is 0.0180. The molecule has 0 saturated heterocycles. The third kappa shape index (κ3) is 5.19. The number of amides is 1. The molecule has 0 saturated carbocycles. The monoisotopic (exact) mass is 469 g/mol. The fourth-order valence-electron chi connectivity index (χ4n) is 2.14. The molecule has 1 aromatic heterocycles. The zero-order valence-electron chi connectivity index (χ0n) is 13.6. The average molecular weight is 470 g/mol. The first-order valence-electron chi connectivity index (χ1n) is 7.60. The first kappa shape index (κ1) is 19.6. The van der Waals surface area contributed by atoms with E-state index in [-0.39, 0.29) is 17.1 Å². The number of sulfonamides is 1. The smallest absolute Gasteiger partial charge is 0.257 e. The second kappa shape index (κ2) is 8.26. The van der Waals surface area contributed by atoms with Crippen molar-refractivity contribution in [3.8, 4) is 10.6 Å². The fourth-order valence-corrected chi connectivity index (χ4v) is 4.42. The van der Waals surface area contributed by atoms with Crippen LogP contribution in [0.2, 0.25) is 0 Å². The normalized spacial score (nSPS) is 11.3. The molecule has 0 radical (unpaired) electrons. The number of halogens is 2. The quantitative estimate of drug-likeness (QED) is 0.542. The second-order valence-electron chi connectivity index (χ2n) is 5.44. The number of nitrogens with one attached hydrogen (secondary N) is 2. The van der Waals surface area contributed by atoms with E-state index in [2.05, 4.69) is 31.2 Å². The molecule has 6 nitrogen and oxygen atoms in total. The highest BCUT2D eigenvalue weighted by Crippen LogP contribution is 2.24. The zero-order chi connectivity index (χ0) is 19.4. The SMILES string of the molecule is O=C(Cc1csc(-c2ccc(F)cc2)n1)NNS(=O)(=O)c1cccc(Br)c1. The van der Waals surface area contributed by atoms with Crippen molar-refractivity contribution < 1.29 is 17.6 Å². The molecule has 3 rings (SSSR count). The second-order valence-corrected chi connectivity index (χ2v) is 8.89. The lowest BCUT2D eigenvalue weighted by Crippen LogP contribution is -2.42. The molecule has 0 spiro atoms. The number of rotatable bonds is 6. The van der Waals surface area contributed by atoms with Gasteiger partial charge in [-0.05, 0) is 42.5 Å². The standard InChI is InChI=1S/C17H13BrFN3O3S2/c18-12-2-1-3-15(8-12)27(24,25)22-21-16(23)9-14-10-26-17(20-14)11-4-6-13(19)7-5-11/h1-8,10,22H,9H2,(H,21,23). The molecule has 0 aliphatic rings. The molecule has 1 amide bonds. The Balaban J connectivity index is 1.60. The highest BCUT2D eigenvalue weighted by atomic mass is 79.9. The van der Waals surface area contributed by atoms with Crippen LogP contribution in [-0.4, -0.2) is 19.3 Å². The van der Waals surface area contributed by atoms with Gasteiger partial charge < -0.3 is 0 Å². The topological polar surface area (TPSA) is 88.2 Å². The molecule has 0 aliphatic carbocycles. The summed E-state index contributed by atoms with van der Waals surface area (Å²) in [5.74, 6) is -0.892. The van der Waals surface area contributed by atoms with E-state index in [9.17, 15) is 17.6 Å². The van der Waals surface area contributed by atoms with Gasteiger partial charge in [0, 0.05) is 15.4 Å². The fraction of sp³-hybridized carbons (Fsp3) is 0.0588. The van der Waals surface area contributed by atoms with Crippen LogP contribution in [0.15, 0.2) is 63.3 Å². The van der Waals surface area contributed by atoms with Crippen LogP contribution in [0, 0.1) is 5.82 Å². The van der Waals surface area contributed by atoms with Gasteiger partial charge in [-0.25, -0.2) is 17.8 Å². The first-order chi connectivity index (χ1) is 12.8. The van der Waals surface area contributed by atoms with Crippen LogP contribution in [0.5, 0.6) is 0 Å². The maximum atomic E-state index is 13.0. The van der Waals surface area contributed by atoms with Crippen molar-refractivity contribution in [2.45, 2.75) is 11.3 Å². The van der Waals surface area contributed by atoms with E-state index in [0.717, 1.165) is 5.56 Å². The number of hydrogen-bond donors (Lipinski definition) is 2. The van der Waals surface area contributed by atoms with Crippen molar-refractivity contribution in [1.82, 2.24) is 15.2 Å². The largest absolute Gasteiger partial charge is 0.277 e. The van der Waals surface area contributed by atoms with Crippen molar-refractivity contribution >= 4 is 43.2 Å². The van der Waals surface area contributed by atoms with E-state index in [1.165, 1.54) is 35.6 Å². The minimum Gasteiger partial charge on any atom is -0.277 e. The van der Waals surface area contributed by atoms with Crippen LogP contribution < -0.4 is 10.3 Å². The Morgan fingerprint density at radius 3 is 2.63 bits per heavy atom. The maximum Gasteiger partial charge on any atom is 0.257 e. The zero-order valence-corrected chi connectivity index (χ0v) is 16.9. The summed E-state index contributed by atoms with van der Waals surface area (Å²) in [5, 5.41) is 2.34. The lowest BCUT2D eigenvalue weighted by atomic mass is 10.2. The minimum atomic E-state index is -3.88. The highest BCUT2D eigenvalue weighted by molar-refractivity contribution is 9.10. The summed E-state index contributed by atoms with van der Waals surface area (Å²) in [6.07, 6.45) is -0.0985. The van der Waals surface area contributed by atoms with Crippen LogP contribution in [0.4, 0.5) is 4.39 Å². The van der Waals surface area contributed by atoms with Gasteiger partial charge in [-0.1, -0.05) is 22.0 Å². The number of thiazole rings is 1. The summed E-state index contributed by atoms with van der Waals surface area (Å²) in [6.45, 7) is 0. The molecule has 10 heteroatoms. The van der Waals surface area contributed by atoms with Gasteiger partial charge in [-0.15, -0.1) is 16.2 Å². The summed E-state index contributed by atoms with van der Waals surface area (Å²) in [6, 6.07) is 12.0. The van der Waals surface area contributed by atoms with Gasteiger partial charge in [0.05, 0.1) is 17.0 Å². The van der Waals surface area contributed by atoms with Gasteiger partial charge in [-0.2, -0.15) is 0 Å². The predicted molar refractivity (Wildman–Crippen MR) is 104 cm³/mol. The summed E-state index contributed by atoms with van der Waals surface area (Å²) >= 11 is 4.51. The Bertz CT molecular complexity index is 1070. The summed E-state index contributed by atoms with van der Waals surface area (Å²) < 4.78 is 37.9. The number of carbonyl (C=O) groups is 1. The molecule has 0 atom stereocenters. The summed E-state index contributed by atoms with van der Waals surface area (Å²) in [5.41, 5.74) is 3.39. The van der Waals surface area contributed by atoms with Gasteiger partial charge in [0.15, 0.2) is 0 Å². The van der Waals surface area contributed by atoms with Gasteiger partial charge in [0.1, 0.15) is 10.8 Å². The molecular formula is C17H13BrFN3O3S2. The van der Waals surface area contributed by atoms with Gasteiger partial charge in [0.2, 0.25) is 5.91 Å². The van der Waals surface area contributed by atoms with Crippen molar-refractivity contribution in [2.75, 3.05) is 0 Å². The van der Waals surface area contributed by atoms with E-state index in [1.54, 1.807) is 29.6 Å². The Hall–Kier alpha value is -2.14. The van der Waals surface area contributed by atoms with Crippen molar-refractivity contribution in [3.63, 3.8) is 0 Å². The van der Waals surface area contributed by atoms with E-state index in [0.29, 0.717) is 15.2 Å². The molecule has 140 valence electrons. The van der Waals surface area contributed by atoms with Gasteiger partial charge in [0.25, 0.3) is 10.0 Å². The summed E-state index contributed by atoms with van der Waals surface area (Å²) in [4.78, 5) is 18.4. The lowest BCUT2D eigenvalue weighted by molar-refractivity contribution is -0.120. The Morgan fingerprint density at radius 2 is 1.93 bits per heavy atom. The number of benzene rings is 2. The van der Waals surface area contributed by atoms with Crippen molar-refractivity contribution in [3.05, 3.63) is 69.9 Å². The van der Waals surface area contributed by atoms with Crippen LogP contribution in [0.3, 0.4) is 0 Å². The maximum absolute atomic E-state index is 13.0. The first-order valence-corrected chi connectivity index (χ1v) is 10.8. The molecule has 0 unspecified atom stereocenters. The lowest BCUT2D eigenvalue weighted by Gasteiger charge is -2.08. The van der Waals surface area contributed by atoms with Crippen LogP contribution in [0.1, 0.15) is 5.69 Å². The number of hydrogen-bond acceptors (Lipinski definition) is 5. The van der Waals surface area contributed by atoms with E-state index in [4.69, 9.17) is 0 Å². The number of nitrogens with zero attached hydrogens (tertiary/aromatic N) is 1. The Labute approximate surface area is 167 Å². The third-order valence-corrected chi connectivity index (χ3v) is 6.09. The van der Waals surface area contributed by atoms with Gasteiger partial charge in [-0.3, -0.25) is 10.2 Å². The van der Waals surface area contributed by atoms with E-state index >= 15 is 0 Å².